The molecule has 0 radical (unpaired) electrons. The normalized spacial score (nSPS) is 11.5. The zero-order valence-corrected chi connectivity index (χ0v) is 13.1. The van der Waals surface area contributed by atoms with Gasteiger partial charge in [0.05, 0.1) is 23.0 Å². The highest BCUT2D eigenvalue weighted by atomic mass is 19.4. The molecule has 25 heavy (non-hydrogen) atoms. The lowest BCUT2D eigenvalue weighted by molar-refractivity contribution is -0.137. The number of rotatable bonds is 4. The molecular formula is C16H13F3N6. The Labute approximate surface area is 140 Å². The molecule has 0 aliphatic carbocycles. The Bertz CT molecular complexity index is 955. The topological polar surface area (TPSA) is 90.3 Å². The van der Waals surface area contributed by atoms with E-state index >= 15 is 0 Å². The molecule has 0 aliphatic rings. The van der Waals surface area contributed by atoms with Gasteiger partial charge in [-0.25, -0.2) is 15.0 Å². The van der Waals surface area contributed by atoms with Crippen LogP contribution < -0.4 is 5.32 Å². The van der Waals surface area contributed by atoms with Gasteiger partial charge in [-0.3, -0.25) is 0 Å². The molecule has 0 aliphatic heterocycles. The van der Waals surface area contributed by atoms with E-state index in [9.17, 15) is 18.4 Å². The van der Waals surface area contributed by atoms with Gasteiger partial charge in [0, 0.05) is 29.9 Å². The van der Waals surface area contributed by atoms with Crippen molar-refractivity contribution in [2.75, 3.05) is 11.9 Å². The first-order valence-corrected chi connectivity index (χ1v) is 7.49. The van der Waals surface area contributed by atoms with Gasteiger partial charge in [-0.1, -0.05) is 6.92 Å². The van der Waals surface area contributed by atoms with Crippen LogP contribution in [0.15, 0.2) is 24.7 Å². The van der Waals surface area contributed by atoms with E-state index in [0.717, 1.165) is 18.7 Å². The summed E-state index contributed by atoms with van der Waals surface area (Å²) in [5, 5.41) is 12.5. The lowest BCUT2D eigenvalue weighted by Gasteiger charge is -2.08. The first-order chi connectivity index (χ1) is 11.9. The minimum atomic E-state index is -4.51. The van der Waals surface area contributed by atoms with Gasteiger partial charge in [0.25, 0.3) is 0 Å². The van der Waals surface area contributed by atoms with Gasteiger partial charge in [0.2, 0.25) is 5.95 Å². The van der Waals surface area contributed by atoms with Gasteiger partial charge in [0.1, 0.15) is 11.7 Å². The van der Waals surface area contributed by atoms with Gasteiger partial charge >= 0.3 is 6.18 Å². The van der Waals surface area contributed by atoms with Crippen LogP contribution in [0, 0.1) is 11.3 Å². The summed E-state index contributed by atoms with van der Waals surface area (Å²) in [6.07, 6.45) is -0.0508. The molecule has 3 heterocycles. The third-order valence-corrected chi connectivity index (χ3v) is 3.56. The Kier molecular flexibility index (Phi) is 4.27. The number of hydrogen-bond acceptors (Lipinski definition) is 5. The second kappa shape index (κ2) is 6.39. The van der Waals surface area contributed by atoms with Crippen LogP contribution in [0.4, 0.5) is 19.1 Å². The van der Waals surface area contributed by atoms with Crippen LogP contribution in [-0.4, -0.2) is 26.5 Å². The molecular weight excluding hydrogens is 333 g/mol. The highest BCUT2D eigenvalue weighted by Gasteiger charge is 2.31. The molecule has 9 heteroatoms. The van der Waals surface area contributed by atoms with Crippen molar-refractivity contribution < 1.29 is 13.2 Å². The number of pyridine rings is 1. The predicted molar refractivity (Wildman–Crippen MR) is 85.6 cm³/mol. The number of aromatic amines is 1. The number of halogens is 3. The minimum absolute atomic E-state index is 0.167. The molecule has 0 spiro atoms. The fraction of sp³-hybridized carbons (Fsp3) is 0.250. The lowest BCUT2D eigenvalue weighted by atomic mass is 10.1. The van der Waals surface area contributed by atoms with Gasteiger partial charge in [-0.05, 0) is 12.5 Å². The molecule has 128 valence electrons. The van der Waals surface area contributed by atoms with Gasteiger partial charge < -0.3 is 10.3 Å². The van der Waals surface area contributed by atoms with Crippen molar-refractivity contribution >= 4 is 17.0 Å². The van der Waals surface area contributed by atoms with Gasteiger partial charge in [0.15, 0.2) is 0 Å². The molecule has 3 aromatic rings. The molecule has 6 nitrogen and oxygen atoms in total. The van der Waals surface area contributed by atoms with E-state index in [2.05, 4.69) is 25.3 Å². The molecule has 0 amide bonds. The molecule has 0 fully saturated rings. The van der Waals surface area contributed by atoms with Crippen LogP contribution in [0.2, 0.25) is 0 Å². The lowest BCUT2D eigenvalue weighted by Crippen LogP contribution is -2.06. The maximum Gasteiger partial charge on any atom is 0.417 e. The molecule has 0 saturated heterocycles. The summed E-state index contributed by atoms with van der Waals surface area (Å²) in [7, 11) is 0. The van der Waals surface area contributed by atoms with E-state index in [1.807, 2.05) is 13.0 Å². The van der Waals surface area contributed by atoms with E-state index in [1.54, 1.807) is 0 Å². The summed E-state index contributed by atoms with van der Waals surface area (Å²) in [6, 6.07) is 2.96. The summed E-state index contributed by atoms with van der Waals surface area (Å²) < 4.78 is 38.9. The van der Waals surface area contributed by atoms with Crippen molar-refractivity contribution in [3.8, 4) is 17.3 Å². The zero-order valence-electron chi connectivity index (χ0n) is 13.1. The first kappa shape index (κ1) is 16.7. The van der Waals surface area contributed by atoms with E-state index in [4.69, 9.17) is 0 Å². The zero-order chi connectivity index (χ0) is 18.0. The predicted octanol–water partition coefficient (Wildman–Crippen LogP) is 3.73. The molecule has 3 rings (SSSR count). The van der Waals surface area contributed by atoms with E-state index in [-0.39, 0.29) is 22.3 Å². The maximum absolute atomic E-state index is 13.0. The van der Waals surface area contributed by atoms with Crippen molar-refractivity contribution in [3.05, 3.63) is 35.8 Å². The number of nitriles is 1. The van der Waals surface area contributed by atoms with Crippen LogP contribution in [0.1, 0.15) is 24.5 Å². The minimum Gasteiger partial charge on any atom is -0.354 e. The van der Waals surface area contributed by atoms with Crippen molar-refractivity contribution in [1.82, 2.24) is 19.9 Å². The Balaban J connectivity index is 2.17. The van der Waals surface area contributed by atoms with Gasteiger partial charge in [-0.2, -0.15) is 18.4 Å². The summed E-state index contributed by atoms with van der Waals surface area (Å²) >= 11 is 0. The van der Waals surface area contributed by atoms with Crippen molar-refractivity contribution in [2.24, 2.45) is 0 Å². The van der Waals surface area contributed by atoms with E-state index < -0.39 is 11.7 Å². The van der Waals surface area contributed by atoms with Crippen LogP contribution in [0.5, 0.6) is 0 Å². The monoisotopic (exact) mass is 346 g/mol. The second-order valence-corrected chi connectivity index (χ2v) is 5.31. The number of H-pyrrole nitrogens is 1. The molecule has 0 bridgehead atoms. The summed E-state index contributed by atoms with van der Waals surface area (Å²) in [5.74, 6) is 0.310. The number of nitrogens with one attached hydrogen (secondary N) is 2. The smallest absolute Gasteiger partial charge is 0.354 e. The number of fused-ring (bicyclic) bond motifs is 1. The fourth-order valence-electron chi connectivity index (χ4n) is 2.35. The molecule has 0 aromatic carbocycles. The average Bonchev–Trinajstić information content (AvgIpc) is 3.02. The number of alkyl halides is 3. The Morgan fingerprint density at radius 3 is 2.76 bits per heavy atom. The highest BCUT2D eigenvalue weighted by Crippen LogP contribution is 2.34. The van der Waals surface area contributed by atoms with Crippen molar-refractivity contribution in [3.63, 3.8) is 0 Å². The second-order valence-electron chi connectivity index (χ2n) is 5.31. The Morgan fingerprint density at radius 1 is 1.28 bits per heavy atom. The van der Waals surface area contributed by atoms with Crippen LogP contribution in [0.25, 0.3) is 22.3 Å². The number of anilines is 1. The van der Waals surface area contributed by atoms with Crippen LogP contribution in [0.3, 0.4) is 0 Å². The molecule has 2 N–H and O–H groups in total. The summed E-state index contributed by atoms with van der Waals surface area (Å²) in [6.45, 7) is 2.61. The van der Waals surface area contributed by atoms with E-state index in [1.165, 1.54) is 12.4 Å². The quantitative estimate of drug-likeness (QED) is 0.751. The third-order valence-electron chi connectivity index (χ3n) is 3.56. The third kappa shape index (κ3) is 3.24. The first-order valence-electron chi connectivity index (χ1n) is 7.49. The number of nitrogens with zero attached hydrogens (tertiary/aromatic N) is 4. The van der Waals surface area contributed by atoms with Crippen molar-refractivity contribution in [1.29, 1.82) is 5.26 Å². The van der Waals surface area contributed by atoms with Crippen LogP contribution >= 0.6 is 0 Å². The molecule has 0 atom stereocenters. The summed E-state index contributed by atoms with van der Waals surface area (Å²) in [5.41, 5.74) is 0.210. The SMILES string of the molecule is CCCNc1ncc(C#N)c(-c2c[nH]c3ncc(C(F)(F)F)cc23)n1. The molecule has 0 unspecified atom stereocenters. The number of aromatic nitrogens is 4. The Morgan fingerprint density at radius 2 is 2.08 bits per heavy atom. The summed E-state index contributed by atoms with van der Waals surface area (Å²) in [4.78, 5) is 15.0. The average molecular weight is 346 g/mol. The van der Waals surface area contributed by atoms with Crippen molar-refractivity contribution in [2.45, 2.75) is 19.5 Å². The molecule has 0 saturated carbocycles. The van der Waals surface area contributed by atoms with E-state index in [0.29, 0.717) is 18.1 Å². The Hall–Kier alpha value is -3.15. The fourth-order valence-corrected chi connectivity index (χ4v) is 2.35. The number of hydrogen-bond donors (Lipinski definition) is 2. The largest absolute Gasteiger partial charge is 0.417 e. The maximum atomic E-state index is 13.0. The van der Waals surface area contributed by atoms with Gasteiger partial charge in [-0.15, -0.1) is 0 Å². The standard InChI is InChI=1S/C16H13F3N6/c1-2-3-21-15-24-6-9(5-20)13(25-15)12-8-23-14-11(12)4-10(7-22-14)16(17,18)19/h4,6-8H,2-3H2,1H3,(H,22,23)(H,21,24,25). The van der Waals surface area contributed by atoms with Crippen LogP contribution in [-0.2, 0) is 6.18 Å². The highest BCUT2D eigenvalue weighted by molar-refractivity contribution is 5.94. The molecule has 3 aromatic heterocycles.